The van der Waals surface area contributed by atoms with Crippen LogP contribution in [0, 0.1) is 0 Å². The lowest BCUT2D eigenvalue weighted by atomic mass is 10.0. The summed E-state index contributed by atoms with van der Waals surface area (Å²) in [5.74, 6) is -0.179. The first kappa shape index (κ1) is 63.5. The van der Waals surface area contributed by atoms with Crippen LogP contribution < -0.4 is 21.3 Å². The maximum Gasteiger partial charge on any atom is 0.410 e. The predicted molar refractivity (Wildman–Crippen MR) is 340 cm³/mol. The van der Waals surface area contributed by atoms with Crippen LogP contribution in [0.5, 0.6) is 0 Å². The van der Waals surface area contributed by atoms with Gasteiger partial charge in [-0.25, -0.2) is 19.6 Å². The van der Waals surface area contributed by atoms with E-state index >= 15 is 0 Å². The zero-order valence-corrected chi connectivity index (χ0v) is 52.8. The molecule has 436 valence electrons. The maximum atomic E-state index is 13.5. The summed E-state index contributed by atoms with van der Waals surface area (Å²) in [6.45, 7) is 22.6. The first-order valence-electron chi connectivity index (χ1n) is 27.1. The number of nitrogens with zero attached hydrogens (tertiary/aromatic N) is 6. The van der Waals surface area contributed by atoms with E-state index < -0.39 is 17.3 Å². The van der Waals surface area contributed by atoms with E-state index in [4.69, 9.17) is 19.4 Å². The molecular formula is C60H72Cl2N10O6S4. The molecule has 2 aromatic carbocycles. The van der Waals surface area contributed by atoms with Crippen molar-refractivity contribution >= 4 is 125 Å². The van der Waals surface area contributed by atoms with Crippen LogP contribution >= 0.6 is 70.2 Å². The van der Waals surface area contributed by atoms with Gasteiger partial charge in [0.15, 0.2) is 0 Å². The fourth-order valence-corrected chi connectivity index (χ4v) is 14.0. The molecule has 8 heterocycles. The number of aromatic nitrogens is 4. The lowest BCUT2D eigenvalue weighted by Crippen LogP contribution is -2.42. The molecule has 0 radical (unpaired) electrons. The van der Waals surface area contributed by atoms with Crippen LogP contribution in [0.3, 0.4) is 0 Å². The first-order valence-corrected chi connectivity index (χ1v) is 30.4. The molecule has 0 saturated carbocycles. The van der Waals surface area contributed by atoms with E-state index in [-0.39, 0.29) is 61.7 Å². The number of rotatable bonds is 14. The molecule has 0 atom stereocenters. The second-order valence-electron chi connectivity index (χ2n) is 22.3. The standard InChI is InChI=1S/C35H43N5O5S2.C25H27N5OS2.2ClH/c1-21(2)40(33(43)45-35(6,7)8)18-14-28(41)38-31-29(24-13-17-39(20-27(24)47-31)32(42)44-34(3,4)5)30-37-25-19-23(9-10-26(25)46-30)22-11-15-36-16-12-22;1-15(2)28-12-8-22(31)30-25-23(18-7-11-27-14-21(18)33-25)24-29-19-13-17(3-4-20(19)32-24)16-5-9-26-10-6-16;;/h9-12,15-16,19,21H,13-14,17-18,20H2,1-8H3,(H,38,41);3-6,9-10,13,15,27-28H,7-8,11-12,14H2,1-2H3,(H,30,31);2*1H. The number of halogens is 2. The van der Waals surface area contributed by atoms with Gasteiger partial charge in [-0.05, 0) is 157 Å². The normalized spacial score (nSPS) is 13.1. The number of thiazole rings is 2. The van der Waals surface area contributed by atoms with Crippen molar-refractivity contribution in [3.8, 4) is 43.4 Å². The van der Waals surface area contributed by atoms with Crippen LogP contribution in [-0.4, -0.2) is 103 Å². The molecule has 82 heavy (non-hydrogen) atoms. The predicted octanol–water partition coefficient (Wildman–Crippen LogP) is 14.3. The second kappa shape index (κ2) is 27.5. The quantitative estimate of drug-likeness (QED) is 0.0806. The number of ether oxygens (including phenoxy) is 2. The van der Waals surface area contributed by atoms with Gasteiger partial charge in [0, 0.05) is 96.8 Å². The van der Waals surface area contributed by atoms with E-state index in [1.807, 2.05) is 92.0 Å². The van der Waals surface area contributed by atoms with E-state index in [9.17, 15) is 19.2 Å². The first-order chi connectivity index (χ1) is 38.2. The van der Waals surface area contributed by atoms with Gasteiger partial charge in [0.05, 0.1) is 27.0 Å². The maximum absolute atomic E-state index is 13.5. The summed E-state index contributed by atoms with van der Waals surface area (Å²) < 4.78 is 13.4. The summed E-state index contributed by atoms with van der Waals surface area (Å²) in [5, 5.41) is 16.5. The van der Waals surface area contributed by atoms with Crippen LogP contribution in [0.4, 0.5) is 19.6 Å². The summed E-state index contributed by atoms with van der Waals surface area (Å²) in [6.07, 6.45) is 8.45. The second-order valence-corrected chi connectivity index (χ2v) is 26.6. The van der Waals surface area contributed by atoms with Crippen molar-refractivity contribution in [3.63, 3.8) is 0 Å². The van der Waals surface area contributed by atoms with Gasteiger partial charge < -0.3 is 40.5 Å². The van der Waals surface area contributed by atoms with Crippen molar-refractivity contribution in [2.24, 2.45) is 0 Å². The van der Waals surface area contributed by atoms with Gasteiger partial charge in [-0.2, -0.15) is 0 Å². The van der Waals surface area contributed by atoms with Crippen LogP contribution in [0.1, 0.15) is 103 Å². The highest BCUT2D eigenvalue weighted by Gasteiger charge is 2.33. The average molecular weight is 1230 g/mol. The number of hydrogen-bond donors (Lipinski definition) is 4. The van der Waals surface area contributed by atoms with Gasteiger partial charge in [0.2, 0.25) is 11.8 Å². The summed E-state index contributed by atoms with van der Waals surface area (Å²) in [7, 11) is 0. The minimum atomic E-state index is -0.638. The SMILES string of the molecule is CC(C)N(CCC(=O)Nc1sc2c(c1-c1nc3cc(-c4ccncc4)ccc3s1)CCN(C(=O)OC(C)(C)C)C2)C(=O)OC(C)(C)C.CC(C)NCCC(=O)Nc1sc2c(c1-c1nc3cc(-c4ccncc4)ccc3s1)CCNC2.Cl.Cl. The molecule has 4 amide bonds. The van der Waals surface area contributed by atoms with E-state index in [1.165, 1.54) is 21.8 Å². The van der Waals surface area contributed by atoms with Crippen molar-refractivity contribution in [3.05, 3.63) is 106 Å². The van der Waals surface area contributed by atoms with E-state index in [0.29, 0.717) is 43.5 Å². The highest BCUT2D eigenvalue weighted by Crippen LogP contribution is 2.47. The highest BCUT2D eigenvalue weighted by molar-refractivity contribution is 7.23. The Morgan fingerprint density at radius 3 is 1.68 bits per heavy atom. The van der Waals surface area contributed by atoms with Crippen molar-refractivity contribution in [2.75, 3.05) is 36.8 Å². The summed E-state index contributed by atoms with van der Waals surface area (Å²) in [6, 6.07) is 20.8. The number of pyridine rings is 2. The largest absolute Gasteiger partial charge is 0.444 e. The van der Waals surface area contributed by atoms with Crippen molar-refractivity contribution in [1.29, 1.82) is 0 Å². The van der Waals surface area contributed by atoms with Crippen LogP contribution in [0.25, 0.3) is 63.8 Å². The number of carbonyl (C=O) groups is 4. The zero-order chi connectivity index (χ0) is 56.9. The van der Waals surface area contributed by atoms with Gasteiger partial charge in [0.25, 0.3) is 0 Å². The molecule has 6 aromatic heterocycles. The molecule has 0 aliphatic carbocycles. The van der Waals surface area contributed by atoms with E-state index in [1.54, 1.807) is 56.2 Å². The van der Waals surface area contributed by atoms with Crippen LogP contribution in [0.15, 0.2) is 85.5 Å². The smallest absolute Gasteiger partial charge is 0.410 e. The Morgan fingerprint density at radius 2 is 1.17 bits per heavy atom. The third kappa shape index (κ3) is 16.0. The summed E-state index contributed by atoms with van der Waals surface area (Å²) in [4.78, 5) is 75.8. The molecular weight excluding hydrogens is 1160 g/mol. The van der Waals surface area contributed by atoms with Gasteiger partial charge in [0.1, 0.15) is 31.2 Å². The Morgan fingerprint density at radius 1 is 0.659 bits per heavy atom. The number of nitrogens with one attached hydrogen (secondary N) is 4. The molecule has 4 N–H and O–H groups in total. The molecule has 0 fully saturated rings. The number of fused-ring (bicyclic) bond motifs is 4. The minimum absolute atomic E-state index is 0. The van der Waals surface area contributed by atoms with E-state index in [0.717, 1.165) is 98.8 Å². The third-order valence-corrected chi connectivity index (χ3v) is 17.5. The number of hydrogen-bond acceptors (Lipinski definition) is 16. The lowest BCUT2D eigenvalue weighted by Gasteiger charge is -2.30. The Balaban J connectivity index is 0.000000243. The fraction of sp³-hybridized carbons (Fsp3) is 0.400. The number of thiophene rings is 2. The number of anilines is 2. The van der Waals surface area contributed by atoms with Gasteiger partial charge in [-0.15, -0.1) is 70.2 Å². The Hall–Kier alpha value is -6.10. The van der Waals surface area contributed by atoms with E-state index in [2.05, 4.69) is 81.5 Å². The molecule has 2 aliphatic heterocycles. The van der Waals surface area contributed by atoms with Crippen molar-refractivity contribution in [1.82, 2.24) is 40.4 Å². The molecule has 10 rings (SSSR count). The molecule has 2 aliphatic rings. The molecule has 16 nitrogen and oxygen atoms in total. The molecule has 22 heteroatoms. The number of amides is 4. The van der Waals surface area contributed by atoms with Crippen LogP contribution in [0.2, 0.25) is 0 Å². The van der Waals surface area contributed by atoms with Crippen molar-refractivity contribution in [2.45, 2.75) is 131 Å². The molecule has 0 unspecified atom stereocenters. The number of carbonyl (C=O) groups excluding carboxylic acids is 4. The van der Waals surface area contributed by atoms with Gasteiger partial charge in [-0.1, -0.05) is 26.0 Å². The van der Waals surface area contributed by atoms with Gasteiger partial charge in [-0.3, -0.25) is 19.6 Å². The third-order valence-electron chi connectivity index (χ3n) is 13.1. The van der Waals surface area contributed by atoms with Gasteiger partial charge >= 0.3 is 12.2 Å². The lowest BCUT2D eigenvalue weighted by molar-refractivity contribution is -0.117. The summed E-state index contributed by atoms with van der Waals surface area (Å²) in [5.41, 5.74) is 9.37. The topological polar surface area (TPSA) is 193 Å². The average Bonchev–Trinajstić information content (AvgIpc) is 4.20. The fourth-order valence-electron chi connectivity index (χ4n) is 9.32. The summed E-state index contributed by atoms with van der Waals surface area (Å²) >= 11 is 6.41. The monoisotopic (exact) mass is 1230 g/mol. The Kier molecular flexibility index (Phi) is 21.3. The highest BCUT2D eigenvalue weighted by atomic mass is 35.5. The Labute approximate surface area is 508 Å². The molecule has 0 bridgehead atoms. The molecule has 0 saturated heterocycles. The van der Waals surface area contributed by atoms with Crippen LogP contribution in [-0.2, 0) is 45.0 Å². The molecule has 8 aromatic rings. The zero-order valence-electron chi connectivity index (χ0n) is 47.9. The minimum Gasteiger partial charge on any atom is -0.444 e. The number of benzene rings is 2. The molecule has 0 spiro atoms. The van der Waals surface area contributed by atoms with Crippen molar-refractivity contribution < 1.29 is 28.7 Å². The Bertz CT molecular complexity index is 3520.